The summed E-state index contributed by atoms with van der Waals surface area (Å²) >= 11 is 0. The Labute approximate surface area is 74.9 Å². The molecule has 0 atom stereocenters. The van der Waals surface area contributed by atoms with Crippen LogP contribution < -0.4 is 0 Å². The van der Waals surface area contributed by atoms with Gasteiger partial charge < -0.3 is 4.74 Å². The quantitative estimate of drug-likeness (QED) is 0.551. The molecule has 0 aromatic rings. The molecule has 0 fully saturated rings. The van der Waals surface area contributed by atoms with Gasteiger partial charge in [0.05, 0.1) is 6.61 Å². The van der Waals surface area contributed by atoms with Gasteiger partial charge in [-0.1, -0.05) is 12.2 Å². The number of alkyl halides is 2. The summed E-state index contributed by atoms with van der Waals surface area (Å²) in [5.41, 5.74) is 0.478. The van der Waals surface area contributed by atoms with Crippen LogP contribution in [0.3, 0.4) is 0 Å². The zero-order valence-corrected chi connectivity index (χ0v) is 7.77. The molecule has 7 heteroatoms. The molecule has 0 aliphatic rings. The summed E-state index contributed by atoms with van der Waals surface area (Å²) in [5.74, 6) is 0. The first-order chi connectivity index (χ1) is 5.67. The maximum Gasteiger partial charge on any atom is 0.392 e. The van der Waals surface area contributed by atoms with Gasteiger partial charge in [0.15, 0.2) is 0 Å². The van der Waals surface area contributed by atoms with E-state index in [1.807, 2.05) is 0 Å². The van der Waals surface area contributed by atoms with E-state index >= 15 is 0 Å². The molecule has 0 radical (unpaired) electrons. The lowest BCUT2D eigenvalue weighted by atomic mass is 10.4. The highest BCUT2D eigenvalue weighted by Gasteiger charge is 2.44. The highest BCUT2D eigenvalue weighted by atomic mass is 32.2. The number of halogens is 2. The average molecular weight is 216 g/mol. The standard InChI is InChI=1S/C6H10F2O4S/c1-5(2)3-12-4-6(7,8)13(9,10)11/h1,3-4H2,2H3,(H,9,10,11). The van der Waals surface area contributed by atoms with Crippen molar-refractivity contribution < 1.29 is 26.5 Å². The van der Waals surface area contributed by atoms with Crippen molar-refractivity contribution in [3.05, 3.63) is 12.2 Å². The smallest absolute Gasteiger partial charge is 0.370 e. The first-order valence-corrected chi connectivity index (χ1v) is 4.68. The van der Waals surface area contributed by atoms with Gasteiger partial charge in [-0.15, -0.1) is 0 Å². The normalized spacial score (nSPS) is 12.9. The van der Waals surface area contributed by atoms with Crippen LogP contribution in [0.1, 0.15) is 6.92 Å². The summed E-state index contributed by atoms with van der Waals surface area (Å²) in [5, 5.41) is -4.26. The predicted molar refractivity (Wildman–Crippen MR) is 42.1 cm³/mol. The van der Waals surface area contributed by atoms with E-state index in [9.17, 15) is 17.2 Å². The van der Waals surface area contributed by atoms with Crippen molar-refractivity contribution in [3.63, 3.8) is 0 Å². The number of hydrogen-bond donors (Lipinski definition) is 1. The van der Waals surface area contributed by atoms with Crippen LogP contribution in [-0.2, 0) is 14.9 Å². The zero-order chi connectivity index (χ0) is 10.7. The maximum absolute atomic E-state index is 12.4. The Morgan fingerprint density at radius 2 is 2.08 bits per heavy atom. The largest absolute Gasteiger partial charge is 0.392 e. The minimum Gasteiger partial charge on any atom is -0.370 e. The fourth-order valence-corrected chi connectivity index (χ4v) is 0.651. The molecule has 78 valence electrons. The molecule has 0 amide bonds. The van der Waals surface area contributed by atoms with Gasteiger partial charge in [-0.2, -0.15) is 17.2 Å². The Bertz CT molecular complexity index is 283. The summed E-state index contributed by atoms with van der Waals surface area (Å²) in [6.07, 6.45) is 0. The van der Waals surface area contributed by atoms with Gasteiger partial charge in [0.2, 0.25) is 0 Å². The second-order valence-corrected chi connectivity index (χ2v) is 4.11. The molecule has 0 aromatic heterocycles. The Hall–Kier alpha value is -0.530. The fourth-order valence-electron chi connectivity index (χ4n) is 0.419. The van der Waals surface area contributed by atoms with E-state index in [4.69, 9.17) is 4.55 Å². The van der Waals surface area contributed by atoms with Crippen LogP contribution in [-0.4, -0.2) is 31.4 Å². The molecule has 0 unspecified atom stereocenters. The summed E-state index contributed by atoms with van der Waals surface area (Å²) in [7, 11) is -5.39. The molecule has 0 rings (SSSR count). The van der Waals surface area contributed by atoms with Crippen LogP contribution in [0.15, 0.2) is 12.2 Å². The number of hydrogen-bond acceptors (Lipinski definition) is 3. The predicted octanol–water partition coefficient (Wildman–Crippen LogP) is 1.06. The molecule has 0 aromatic carbocycles. The third-order valence-electron chi connectivity index (χ3n) is 0.996. The molecule has 0 heterocycles. The summed E-state index contributed by atoms with van der Waals surface area (Å²) in [6, 6.07) is 0. The molecule has 0 bridgehead atoms. The van der Waals surface area contributed by atoms with Crippen LogP contribution in [0.2, 0.25) is 0 Å². The molecule has 1 N–H and O–H groups in total. The van der Waals surface area contributed by atoms with Gasteiger partial charge in [-0.25, -0.2) is 0 Å². The molecular formula is C6H10F2O4S. The Morgan fingerprint density at radius 1 is 1.62 bits per heavy atom. The third-order valence-corrected chi connectivity index (χ3v) is 1.87. The van der Waals surface area contributed by atoms with E-state index in [0.717, 1.165) is 0 Å². The van der Waals surface area contributed by atoms with Crippen molar-refractivity contribution in [1.82, 2.24) is 0 Å². The topological polar surface area (TPSA) is 63.6 Å². The molecule has 0 aliphatic heterocycles. The second-order valence-electron chi connectivity index (χ2n) is 2.56. The van der Waals surface area contributed by atoms with Gasteiger partial charge in [0.25, 0.3) is 0 Å². The van der Waals surface area contributed by atoms with Crippen molar-refractivity contribution in [1.29, 1.82) is 0 Å². The molecule has 0 aliphatic carbocycles. The molecular weight excluding hydrogens is 206 g/mol. The van der Waals surface area contributed by atoms with Crippen molar-refractivity contribution in [3.8, 4) is 0 Å². The van der Waals surface area contributed by atoms with Crippen molar-refractivity contribution >= 4 is 10.1 Å². The molecule has 0 saturated heterocycles. The summed E-state index contributed by atoms with van der Waals surface area (Å²) in [4.78, 5) is 0. The van der Waals surface area contributed by atoms with E-state index in [1.54, 1.807) is 0 Å². The first-order valence-electron chi connectivity index (χ1n) is 3.24. The van der Waals surface area contributed by atoms with Crippen LogP contribution in [0.4, 0.5) is 8.78 Å². The Balaban J connectivity index is 4.13. The second kappa shape index (κ2) is 4.12. The van der Waals surface area contributed by atoms with Gasteiger partial charge in [0.1, 0.15) is 6.61 Å². The molecule has 13 heavy (non-hydrogen) atoms. The molecule has 0 spiro atoms. The van der Waals surface area contributed by atoms with Gasteiger partial charge >= 0.3 is 15.4 Å². The molecule has 0 saturated carbocycles. The van der Waals surface area contributed by atoms with E-state index in [0.29, 0.717) is 5.57 Å². The zero-order valence-electron chi connectivity index (χ0n) is 6.96. The minimum absolute atomic E-state index is 0.175. The molecule has 4 nitrogen and oxygen atoms in total. The lowest BCUT2D eigenvalue weighted by Crippen LogP contribution is -2.33. The van der Waals surface area contributed by atoms with Crippen LogP contribution in [0, 0.1) is 0 Å². The van der Waals surface area contributed by atoms with E-state index in [1.165, 1.54) is 6.92 Å². The van der Waals surface area contributed by atoms with Gasteiger partial charge in [-0.3, -0.25) is 4.55 Å². The fraction of sp³-hybridized carbons (Fsp3) is 0.667. The highest BCUT2D eigenvalue weighted by Crippen LogP contribution is 2.20. The highest BCUT2D eigenvalue weighted by molar-refractivity contribution is 7.86. The lowest BCUT2D eigenvalue weighted by molar-refractivity contribution is -0.0136. The van der Waals surface area contributed by atoms with E-state index < -0.39 is 22.0 Å². The van der Waals surface area contributed by atoms with Crippen molar-refractivity contribution in [2.45, 2.75) is 12.2 Å². The van der Waals surface area contributed by atoms with Crippen LogP contribution >= 0.6 is 0 Å². The third kappa shape index (κ3) is 4.30. The lowest BCUT2D eigenvalue weighted by Gasteiger charge is -2.12. The summed E-state index contributed by atoms with van der Waals surface area (Å²) < 4.78 is 57.2. The Kier molecular flexibility index (Phi) is 3.95. The average Bonchev–Trinajstić information content (AvgIpc) is 1.82. The van der Waals surface area contributed by atoms with Crippen LogP contribution in [0.5, 0.6) is 0 Å². The van der Waals surface area contributed by atoms with Gasteiger partial charge in [-0.05, 0) is 6.92 Å². The van der Waals surface area contributed by atoms with Gasteiger partial charge in [0, 0.05) is 0 Å². The first kappa shape index (κ1) is 12.5. The maximum atomic E-state index is 12.4. The monoisotopic (exact) mass is 216 g/mol. The summed E-state index contributed by atoms with van der Waals surface area (Å²) in [6.45, 7) is 3.34. The van der Waals surface area contributed by atoms with Crippen molar-refractivity contribution in [2.75, 3.05) is 13.2 Å². The van der Waals surface area contributed by atoms with E-state index in [-0.39, 0.29) is 6.61 Å². The number of ether oxygens (including phenoxy) is 1. The Morgan fingerprint density at radius 3 is 2.38 bits per heavy atom. The number of rotatable bonds is 5. The van der Waals surface area contributed by atoms with Crippen LogP contribution in [0.25, 0.3) is 0 Å². The minimum atomic E-state index is -5.39. The van der Waals surface area contributed by atoms with Crippen molar-refractivity contribution in [2.24, 2.45) is 0 Å². The van der Waals surface area contributed by atoms with E-state index in [2.05, 4.69) is 11.3 Å². The SMILES string of the molecule is C=C(C)COCC(F)(F)S(=O)(=O)O.